The first-order chi connectivity index (χ1) is 16.0. The van der Waals surface area contributed by atoms with Gasteiger partial charge in [0.2, 0.25) is 5.82 Å². The van der Waals surface area contributed by atoms with Crippen LogP contribution >= 0.6 is 0 Å². The Hall–Kier alpha value is -4.05. The fraction of sp³-hybridized carbons (Fsp3) is 0.217. The van der Waals surface area contributed by atoms with Crippen molar-refractivity contribution < 1.29 is 32.9 Å². The molecule has 0 aliphatic carbocycles. The lowest BCUT2D eigenvalue weighted by molar-refractivity contribution is -0.0576. The van der Waals surface area contributed by atoms with Crippen LogP contribution in [-0.4, -0.2) is 46.4 Å². The predicted octanol–water partition coefficient (Wildman–Crippen LogP) is 2.12. The molecule has 0 N–H and O–H groups in total. The molecule has 10 heteroatoms. The molecule has 33 heavy (non-hydrogen) atoms. The molecule has 0 unspecified atom stereocenters. The maximum atomic E-state index is 13.8. The van der Waals surface area contributed by atoms with Crippen LogP contribution in [0.1, 0.15) is 26.9 Å². The minimum absolute atomic E-state index is 0.156. The molecule has 0 radical (unpaired) electrons. The number of carbonyl (C=O) groups excluding carboxylic acids is 2. The second-order valence-electron chi connectivity index (χ2n) is 7.43. The fourth-order valence-corrected chi connectivity index (χ4v) is 3.74. The number of esters is 2. The van der Waals surface area contributed by atoms with Gasteiger partial charge in [0, 0.05) is 0 Å². The van der Waals surface area contributed by atoms with E-state index in [4.69, 9.17) is 18.9 Å². The van der Waals surface area contributed by atoms with Gasteiger partial charge in [-0.2, -0.15) is 9.37 Å². The molecule has 0 spiro atoms. The minimum atomic E-state index is -1.08. The Morgan fingerprint density at radius 1 is 1.00 bits per heavy atom. The van der Waals surface area contributed by atoms with E-state index in [1.165, 1.54) is 4.57 Å². The summed E-state index contributed by atoms with van der Waals surface area (Å²) in [7, 11) is 0. The van der Waals surface area contributed by atoms with Crippen molar-refractivity contribution in [3.8, 4) is 6.01 Å². The van der Waals surface area contributed by atoms with Crippen molar-refractivity contribution in [3.63, 3.8) is 0 Å². The molecule has 0 amide bonds. The van der Waals surface area contributed by atoms with Crippen LogP contribution in [0.5, 0.6) is 6.01 Å². The van der Waals surface area contributed by atoms with Crippen molar-refractivity contribution in [2.45, 2.75) is 24.5 Å². The summed E-state index contributed by atoms with van der Waals surface area (Å²) in [6.45, 7) is -0.248. The summed E-state index contributed by atoms with van der Waals surface area (Å²) in [5, 5.41) is 0. The van der Waals surface area contributed by atoms with Gasteiger partial charge in [-0.25, -0.2) is 9.59 Å². The van der Waals surface area contributed by atoms with Gasteiger partial charge in [-0.3, -0.25) is 9.36 Å². The molecular weight excluding hydrogens is 435 g/mol. The molecule has 1 aromatic heterocycles. The van der Waals surface area contributed by atoms with Crippen LogP contribution in [0.2, 0.25) is 0 Å². The van der Waals surface area contributed by atoms with E-state index in [-0.39, 0.29) is 12.6 Å². The van der Waals surface area contributed by atoms with Crippen molar-refractivity contribution >= 4 is 11.9 Å². The molecule has 0 saturated carbocycles. The zero-order valence-electron chi connectivity index (χ0n) is 17.0. The first-order valence-corrected chi connectivity index (χ1v) is 10.1. The van der Waals surface area contributed by atoms with Gasteiger partial charge >= 0.3 is 23.5 Å². The minimum Gasteiger partial charge on any atom is -0.459 e. The smallest absolute Gasteiger partial charge is 0.338 e. The standard InChI is InChI=1S/C23H17FN2O7/c24-15-11-26-20-18(33-23(26)25-19(15)27)17(32-22(29)14-9-5-2-6-10-14)16(31-20)12-30-21(28)13-7-3-1-4-8-13/h1-11,16-18,20H,12H2/t16-,17+,18+,20-/m1/s1. The van der Waals surface area contributed by atoms with Gasteiger partial charge in [-0.15, -0.1) is 0 Å². The summed E-state index contributed by atoms with van der Waals surface area (Å²) < 4.78 is 37.7. The lowest BCUT2D eigenvalue weighted by atomic mass is 10.1. The number of benzene rings is 2. The molecular formula is C23H17FN2O7. The third kappa shape index (κ3) is 3.96. The second-order valence-corrected chi connectivity index (χ2v) is 7.43. The highest BCUT2D eigenvalue weighted by atomic mass is 19.1. The van der Waals surface area contributed by atoms with Crippen molar-refractivity contribution in [1.82, 2.24) is 9.55 Å². The maximum Gasteiger partial charge on any atom is 0.338 e. The molecule has 168 valence electrons. The number of hydrogen-bond donors (Lipinski definition) is 0. The largest absolute Gasteiger partial charge is 0.459 e. The van der Waals surface area contributed by atoms with Crippen molar-refractivity contribution in [1.29, 1.82) is 0 Å². The molecule has 9 nitrogen and oxygen atoms in total. The molecule has 1 fully saturated rings. The molecule has 1 saturated heterocycles. The Morgan fingerprint density at radius 2 is 1.64 bits per heavy atom. The highest BCUT2D eigenvalue weighted by Crippen LogP contribution is 2.40. The van der Waals surface area contributed by atoms with Crippen LogP contribution in [0.15, 0.2) is 71.7 Å². The Morgan fingerprint density at radius 3 is 2.30 bits per heavy atom. The number of nitrogens with zero attached hydrogens (tertiary/aromatic N) is 2. The van der Waals surface area contributed by atoms with E-state index in [0.717, 1.165) is 6.20 Å². The molecule has 3 heterocycles. The van der Waals surface area contributed by atoms with E-state index in [1.54, 1.807) is 60.7 Å². The summed E-state index contributed by atoms with van der Waals surface area (Å²) in [6, 6.07) is 16.5. The molecule has 2 aliphatic heterocycles. The first-order valence-electron chi connectivity index (χ1n) is 10.1. The Balaban J connectivity index is 1.38. The van der Waals surface area contributed by atoms with Gasteiger partial charge in [0.05, 0.1) is 17.3 Å². The molecule has 2 aromatic carbocycles. The molecule has 0 bridgehead atoms. The quantitative estimate of drug-likeness (QED) is 0.542. The van der Waals surface area contributed by atoms with Crippen molar-refractivity contribution in [2.75, 3.05) is 6.61 Å². The van der Waals surface area contributed by atoms with Crippen LogP contribution in [0.4, 0.5) is 4.39 Å². The monoisotopic (exact) mass is 452 g/mol. The summed E-state index contributed by atoms with van der Waals surface area (Å²) >= 11 is 0. The van der Waals surface area contributed by atoms with E-state index >= 15 is 0 Å². The fourth-order valence-electron chi connectivity index (χ4n) is 3.74. The summed E-state index contributed by atoms with van der Waals surface area (Å²) in [6.07, 6.45) is -2.87. The molecule has 4 atom stereocenters. The maximum absolute atomic E-state index is 13.8. The average Bonchev–Trinajstić information content (AvgIpc) is 3.34. The number of fused-ring (bicyclic) bond motifs is 3. The first kappa shape index (κ1) is 20.8. The van der Waals surface area contributed by atoms with E-state index < -0.39 is 47.9 Å². The van der Waals surface area contributed by atoms with E-state index in [1.807, 2.05) is 0 Å². The third-order valence-electron chi connectivity index (χ3n) is 5.32. The van der Waals surface area contributed by atoms with Crippen molar-refractivity contribution in [2.24, 2.45) is 0 Å². The number of ether oxygens (including phenoxy) is 4. The number of hydrogen-bond acceptors (Lipinski definition) is 8. The lowest BCUT2D eigenvalue weighted by Crippen LogP contribution is -2.40. The topological polar surface area (TPSA) is 106 Å². The highest BCUT2D eigenvalue weighted by molar-refractivity contribution is 5.90. The molecule has 3 aromatic rings. The van der Waals surface area contributed by atoms with E-state index in [0.29, 0.717) is 11.1 Å². The average molecular weight is 452 g/mol. The van der Waals surface area contributed by atoms with Crippen LogP contribution in [0.25, 0.3) is 0 Å². The van der Waals surface area contributed by atoms with Crippen LogP contribution < -0.4 is 10.3 Å². The lowest BCUT2D eigenvalue weighted by Gasteiger charge is -2.22. The van der Waals surface area contributed by atoms with Crippen LogP contribution in [0, 0.1) is 5.82 Å². The molecule has 2 aliphatic rings. The Bertz CT molecular complexity index is 1250. The van der Waals surface area contributed by atoms with Crippen LogP contribution in [-0.2, 0) is 14.2 Å². The predicted molar refractivity (Wildman–Crippen MR) is 109 cm³/mol. The van der Waals surface area contributed by atoms with Gasteiger partial charge in [0.1, 0.15) is 12.7 Å². The van der Waals surface area contributed by atoms with Gasteiger partial charge in [0.25, 0.3) is 0 Å². The third-order valence-corrected chi connectivity index (χ3v) is 5.32. The van der Waals surface area contributed by atoms with Gasteiger partial charge in [0.15, 0.2) is 18.4 Å². The van der Waals surface area contributed by atoms with Crippen molar-refractivity contribution in [3.05, 3.63) is 94.2 Å². The van der Waals surface area contributed by atoms with Gasteiger partial charge in [-0.05, 0) is 24.3 Å². The van der Waals surface area contributed by atoms with Gasteiger partial charge in [-0.1, -0.05) is 36.4 Å². The highest BCUT2D eigenvalue weighted by Gasteiger charge is 2.54. The number of carbonyl (C=O) groups is 2. The van der Waals surface area contributed by atoms with Crippen LogP contribution in [0.3, 0.4) is 0 Å². The van der Waals surface area contributed by atoms with E-state index in [9.17, 15) is 18.8 Å². The summed E-state index contributed by atoms with van der Waals surface area (Å²) in [5.74, 6) is -2.30. The summed E-state index contributed by atoms with van der Waals surface area (Å²) in [5.41, 5.74) is -0.429. The SMILES string of the molecule is O=C(OC[C@H]1O[C@@H]2[C@@H](Oc3nc(=O)c(F)cn32)[C@H]1OC(=O)c1ccccc1)c1ccccc1. The number of aromatic nitrogens is 2. The van der Waals surface area contributed by atoms with Gasteiger partial charge < -0.3 is 18.9 Å². The number of rotatable bonds is 5. The molecule has 5 rings (SSSR count). The summed E-state index contributed by atoms with van der Waals surface area (Å²) in [4.78, 5) is 40.2. The number of halogens is 1. The Labute approximate surface area is 186 Å². The normalized spacial score (nSPS) is 22.7. The zero-order valence-corrected chi connectivity index (χ0v) is 17.0. The Kier molecular flexibility index (Phi) is 5.35. The second kappa shape index (κ2) is 8.47. The zero-order chi connectivity index (χ0) is 22.9. The van der Waals surface area contributed by atoms with E-state index in [2.05, 4.69) is 4.98 Å².